The van der Waals surface area contributed by atoms with Crippen LogP contribution in [0.2, 0.25) is 0 Å². The minimum atomic E-state index is -1.43. The second-order valence-corrected chi connectivity index (χ2v) is 6.53. The Morgan fingerprint density at radius 2 is 1.57 bits per heavy atom. The summed E-state index contributed by atoms with van der Waals surface area (Å²) in [5.41, 5.74) is -0.356. The Kier molecular flexibility index (Phi) is 4.63. The third-order valence-electron chi connectivity index (χ3n) is 3.63. The van der Waals surface area contributed by atoms with E-state index < -0.39 is 35.0 Å². The van der Waals surface area contributed by atoms with Gasteiger partial charge in [0.25, 0.3) is 5.91 Å². The van der Waals surface area contributed by atoms with Gasteiger partial charge in [-0.25, -0.2) is 0 Å². The third-order valence-corrected chi connectivity index (χ3v) is 3.63. The van der Waals surface area contributed by atoms with E-state index in [9.17, 15) is 19.2 Å². The summed E-state index contributed by atoms with van der Waals surface area (Å²) in [6, 6.07) is 7.18. The third kappa shape index (κ3) is 3.64. The fourth-order valence-corrected chi connectivity index (χ4v) is 2.38. The number of nitrogens with one attached hydrogen (secondary N) is 1. The zero-order valence-corrected chi connectivity index (χ0v) is 13.5. The van der Waals surface area contributed by atoms with Crippen LogP contribution >= 0.6 is 0 Å². The summed E-state index contributed by atoms with van der Waals surface area (Å²) in [7, 11) is 0. The number of carbonyl (C=O) groups is 4. The first kappa shape index (κ1) is 16.9. The van der Waals surface area contributed by atoms with Crippen molar-refractivity contribution >= 4 is 29.2 Å². The molecule has 1 saturated heterocycles. The first-order valence-electron chi connectivity index (χ1n) is 7.47. The Balaban J connectivity index is 2.33. The zero-order valence-electron chi connectivity index (χ0n) is 13.5. The van der Waals surface area contributed by atoms with Crippen LogP contribution in [0.3, 0.4) is 0 Å². The summed E-state index contributed by atoms with van der Waals surface area (Å²) in [6.07, 6.45) is 0.0662. The van der Waals surface area contributed by atoms with Crippen molar-refractivity contribution in [1.82, 2.24) is 4.90 Å². The van der Waals surface area contributed by atoms with Crippen LogP contribution in [0.25, 0.3) is 0 Å². The molecule has 3 amide bonds. The largest absolute Gasteiger partial charge is 0.324 e. The van der Waals surface area contributed by atoms with Gasteiger partial charge in [-0.1, -0.05) is 39.0 Å². The fraction of sp³-hybridized carbons (Fsp3) is 0.412. The molecule has 0 spiro atoms. The molecule has 1 N–H and O–H groups in total. The van der Waals surface area contributed by atoms with Crippen molar-refractivity contribution in [3.63, 3.8) is 0 Å². The van der Waals surface area contributed by atoms with Crippen LogP contribution in [0.15, 0.2) is 30.3 Å². The van der Waals surface area contributed by atoms with Crippen LogP contribution in [0.1, 0.15) is 33.6 Å². The molecule has 0 radical (unpaired) electrons. The summed E-state index contributed by atoms with van der Waals surface area (Å²) in [4.78, 5) is 50.1. The maximum atomic E-state index is 12.7. The van der Waals surface area contributed by atoms with Gasteiger partial charge in [-0.15, -0.1) is 0 Å². The summed E-state index contributed by atoms with van der Waals surface area (Å²) < 4.78 is 0. The van der Waals surface area contributed by atoms with Gasteiger partial charge in [-0.2, -0.15) is 0 Å². The molecular weight excluding hydrogens is 296 g/mol. The molecule has 0 saturated carbocycles. The number of ketones is 1. The minimum absolute atomic E-state index is 0.0331. The van der Waals surface area contributed by atoms with E-state index in [0.29, 0.717) is 5.69 Å². The fourth-order valence-electron chi connectivity index (χ4n) is 2.38. The molecule has 0 aromatic heterocycles. The Bertz CT molecular complexity index is 630. The molecule has 0 bridgehead atoms. The van der Waals surface area contributed by atoms with Gasteiger partial charge in [0.2, 0.25) is 11.8 Å². The van der Waals surface area contributed by atoms with E-state index in [1.54, 1.807) is 51.1 Å². The van der Waals surface area contributed by atoms with E-state index in [4.69, 9.17) is 0 Å². The molecule has 6 nitrogen and oxygen atoms in total. The number of likely N-dealkylation sites (tertiary alicyclic amines) is 1. The molecule has 1 aliphatic rings. The van der Waals surface area contributed by atoms with Gasteiger partial charge < -0.3 is 5.32 Å². The van der Waals surface area contributed by atoms with Crippen molar-refractivity contribution in [1.29, 1.82) is 0 Å². The molecule has 122 valence electrons. The summed E-state index contributed by atoms with van der Waals surface area (Å²) in [5, 5.41) is 2.61. The van der Waals surface area contributed by atoms with Crippen molar-refractivity contribution in [2.45, 2.75) is 39.7 Å². The molecule has 0 aliphatic carbocycles. The van der Waals surface area contributed by atoms with Crippen molar-refractivity contribution in [2.24, 2.45) is 5.41 Å². The smallest absolute Gasteiger partial charge is 0.255 e. The quantitative estimate of drug-likeness (QED) is 0.677. The predicted octanol–water partition coefficient (Wildman–Crippen LogP) is 1.76. The van der Waals surface area contributed by atoms with E-state index in [1.807, 2.05) is 0 Å². The Morgan fingerprint density at radius 3 is 2.04 bits per heavy atom. The van der Waals surface area contributed by atoms with Gasteiger partial charge in [0, 0.05) is 23.9 Å². The predicted molar refractivity (Wildman–Crippen MR) is 84.4 cm³/mol. The van der Waals surface area contributed by atoms with Gasteiger partial charge in [0.05, 0.1) is 0 Å². The van der Waals surface area contributed by atoms with Gasteiger partial charge in [0.1, 0.15) is 0 Å². The second-order valence-electron chi connectivity index (χ2n) is 6.53. The topological polar surface area (TPSA) is 83.6 Å². The van der Waals surface area contributed by atoms with Crippen LogP contribution in [0.4, 0.5) is 5.69 Å². The van der Waals surface area contributed by atoms with Crippen LogP contribution in [0, 0.1) is 5.41 Å². The zero-order chi connectivity index (χ0) is 17.2. The van der Waals surface area contributed by atoms with Crippen LogP contribution in [-0.2, 0) is 19.2 Å². The molecule has 1 aromatic rings. The monoisotopic (exact) mass is 316 g/mol. The number of hydrogen-bond donors (Lipinski definition) is 1. The molecule has 1 fully saturated rings. The number of hydrogen-bond acceptors (Lipinski definition) is 4. The van der Waals surface area contributed by atoms with Gasteiger partial charge in [-0.3, -0.25) is 24.1 Å². The van der Waals surface area contributed by atoms with E-state index in [0.717, 1.165) is 4.90 Å². The van der Waals surface area contributed by atoms with Crippen molar-refractivity contribution < 1.29 is 19.2 Å². The summed E-state index contributed by atoms with van der Waals surface area (Å²) in [6.45, 7) is 4.97. The average molecular weight is 316 g/mol. The number of Topliss-reactive ketones (excluding diaryl/α,β-unsaturated/α-hetero) is 1. The molecule has 0 unspecified atom stereocenters. The molecule has 2 rings (SSSR count). The van der Waals surface area contributed by atoms with Gasteiger partial charge >= 0.3 is 0 Å². The van der Waals surface area contributed by atoms with Crippen molar-refractivity contribution in [3.8, 4) is 0 Å². The number of anilines is 1. The summed E-state index contributed by atoms with van der Waals surface area (Å²) >= 11 is 0. The van der Waals surface area contributed by atoms with Crippen LogP contribution in [0.5, 0.6) is 0 Å². The van der Waals surface area contributed by atoms with E-state index >= 15 is 0 Å². The second kappa shape index (κ2) is 6.32. The number of rotatable bonds is 4. The first-order chi connectivity index (χ1) is 10.7. The molecular formula is C17H20N2O4. The Morgan fingerprint density at radius 1 is 1.04 bits per heavy atom. The van der Waals surface area contributed by atoms with Gasteiger partial charge in [-0.05, 0) is 12.1 Å². The maximum Gasteiger partial charge on any atom is 0.255 e. The highest BCUT2D eigenvalue weighted by Crippen LogP contribution is 2.25. The lowest BCUT2D eigenvalue weighted by Crippen LogP contribution is -2.54. The Hall–Kier alpha value is -2.50. The lowest BCUT2D eigenvalue weighted by molar-refractivity contribution is -0.152. The molecule has 23 heavy (non-hydrogen) atoms. The maximum absolute atomic E-state index is 12.7. The molecule has 1 aliphatic heterocycles. The number of carbonyl (C=O) groups excluding carboxylic acids is 4. The van der Waals surface area contributed by atoms with Crippen LogP contribution < -0.4 is 5.32 Å². The average Bonchev–Trinajstić information content (AvgIpc) is 2.80. The highest BCUT2D eigenvalue weighted by molar-refractivity contribution is 6.18. The number of nitrogens with zero attached hydrogens (tertiary/aromatic N) is 1. The number of para-hydroxylation sites is 1. The molecule has 1 atom stereocenters. The number of imide groups is 1. The Labute approximate surface area is 134 Å². The highest BCUT2D eigenvalue weighted by atomic mass is 16.2. The number of amides is 3. The summed E-state index contributed by atoms with van der Waals surface area (Å²) in [5.74, 6) is -2.10. The normalized spacial score (nSPS) is 16.4. The molecule has 1 heterocycles. The minimum Gasteiger partial charge on any atom is -0.324 e. The molecule has 1 aromatic carbocycles. The standard InChI is InChI=1S/C17H20N2O4/c1-17(2,3)15(22)14(19-12(20)9-10-13(19)21)16(23)18-11-7-5-4-6-8-11/h4-8,14H,9-10H2,1-3H3,(H,18,23)/t14-/m1/s1. The molecule has 6 heteroatoms. The number of benzene rings is 1. The first-order valence-corrected chi connectivity index (χ1v) is 7.47. The van der Waals surface area contributed by atoms with E-state index in [-0.39, 0.29) is 12.8 Å². The van der Waals surface area contributed by atoms with Crippen molar-refractivity contribution in [3.05, 3.63) is 30.3 Å². The van der Waals surface area contributed by atoms with E-state index in [1.165, 1.54) is 0 Å². The van der Waals surface area contributed by atoms with Crippen molar-refractivity contribution in [2.75, 3.05) is 5.32 Å². The highest BCUT2D eigenvalue weighted by Gasteiger charge is 2.46. The lowest BCUT2D eigenvalue weighted by atomic mass is 9.85. The van der Waals surface area contributed by atoms with E-state index in [2.05, 4.69) is 5.32 Å². The van der Waals surface area contributed by atoms with Crippen LogP contribution in [-0.4, -0.2) is 34.4 Å². The van der Waals surface area contributed by atoms with Gasteiger partial charge in [0.15, 0.2) is 11.8 Å². The SMILES string of the molecule is CC(C)(C)C(=O)[C@H](C(=O)Nc1ccccc1)N1C(=O)CCC1=O. The lowest BCUT2D eigenvalue weighted by Gasteiger charge is -2.29.